The molecule has 2 aromatic heterocycles. The standard InChI is InChI=1S/C24H24N6/c1-3-7-23(19(5-1)13-25-11-9-21-15-27-17-29-21)24-8-4-2-6-20(24)14-26-12-10-22-16-28-18-30-22/h1-8,13-18H,9-12H2,(H,27,29)(H,28,30). The van der Waals surface area contributed by atoms with Gasteiger partial charge in [-0.05, 0) is 11.1 Å². The number of nitrogens with zero attached hydrogens (tertiary/aromatic N) is 4. The van der Waals surface area contributed by atoms with E-state index in [0.29, 0.717) is 13.1 Å². The SMILES string of the molecule is C(=NCCc1cnc[nH]1)c1ccccc1-c1ccccc1C=NCCc1cnc[nH]1. The molecule has 150 valence electrons. The number of imidazole rings is 2. The molecule has 0 bridgehead atoms. The van der Waals surface area contributed by atoms with Crippen molar-refractivity contribution in [2.24, 2.45) is 9.98 Å². The van der Waals surface area contributed by atoms with Crippen LogP contribution in [0.3, 0.4) is 0 Å². The van der Waals surface area contributed by atoms with Crippen molar-refractivity contribution in [3.05, 3.63) is 96.1 Å². The Morgan fingerprint density at radius 3 is 1.57 bits per heavy atom. The van der Waals surface area contributed by atoms with E-state index in [9.17, 15) is 0 Å². The Morgan fingerprint density at radius 2 is 1.13 bits per heavy atom. The largest absolute Gasteiger partial charge is 0.348 e. The second kappa shape index (κ2) is 10.1. The van der Waals surface area contributed by atoms with Gasteiger partial charge in [0, 0.05) is 73.3 Å². The summed E-state index contributed by atoms with van der Waals surface area (Å²) in [5.41, 5.74) is 6.69. The van der Waals surface area contributed by atoms with Crippen LogP contribution in [-0.2, 0) is 12.8 Å². The zero-order valence-electron chi connectivity index (χ0n) is 16.7. The van der Waals surface area contributed by atoms with E-state index >= 15 is 0 Å². The lowest BCUT2D eigenvalue weighted by Crippen LogP contribution is -1.96. The predicted octanol–water partition coefficient (Wildman–Crippen LogP) is 4.12. The van der Waals surface area contributed by atoms with Gasteiger partial charge in [0.25, 0.3) is 0 Å². The number of rotatable bonds is 9. The molecule has 0 aliphatic carbocycles. The summed E-state index contributed by atoms with van der Waals surface area (Å²) in [7, 11) is 0. The quantitative estimate of drug-likeness (QED) is 0.417. The minimum atomic E-state index is 0.716. The molecular formula is C24H24N6. The summed E-state index contributed by atoms with van der Waals surface area (Å²) in [6.45, 7) is 1.43. The van der Waals surface area contributed by atoms with Gasteiger partial charge in [-0.2, -0.15) is 0 Å². The highest BCUT2D eigenvalue weighted by Gasteiger charge is 2.06. The third-order valence-corrected chi connectivity index (χ3v) is 4.80. The Hall–Kier alpha value is -3.80. The second-order valence-corrected chi connectivity index (χ2v) is 6.90. The highest BCUT2D eigenvalue weighted by atomic mass is 14.9. The maximum absolute atomic E-state index is 4.62. The number of aromatic nitrogens is 4. The van der Waals surface area contributed by atoms with Crippen LogP contribution in [0.25, 0.3) is 11.1 Å². The third-order valence-electron chi connectivity index (χ3n) is 4.80. The first-order valence-corrected chi connectivity index (χ1v) is 10.0. The molecule has 0 aliphatic rings. The molecule has 0 atom stereocenters. The zero-order chi connectivity index (χ0) is 20.4. The van der Waals surface area contributed by atoms with Crippen molar-refractivity contribution in [1.29, 1.82) is 0 Å². The minimum absolute atomic E-state index is 0.716. The topological polar surface area (TPSA) is 82.1 Å². The number of benzene rings is 2. The van der Waals surface area contributed by atoms with Crippen LogP contribution in [0.2, 0.25) is 0 Å². The summed E-state index contributed by atoms with van der Waals surface area (Å²) >= 11 is 0. The fourth-order valence-electron chi connectivity index (χ4n) is 3.25. The van der Waals surface area contributed by atoms with Gasteiger partial charge < -0.3 is 9.97 Å². The number of H-pyrrole nitrogens is 2. The lowest BCUT2D eigenvalue weighted by atomic mass is 9.96. The molecule has 0 spiro atoms. The predicted molar refractivity (Wildman–Crippen MR) is 121 cm³/mol. The molecule has 0 saturated heterocycles. The number of nitrogens with one attached hydrogen (secondary N) is 2. The van der Waals surface area contributed by atoms with Crippen LogP contribution in [0.15, 0.2) is 83.6 Å². The van der Waals surface area contributed by atoms with E-state index in [4.69, 9.17) is 0 Å². The first-order valence-electron chi connectivity index (χ1n) is 10.0. The molecule has 2 N–H and O–H groups in total. The van der Waals surface area contributed by atoms with E-state index in [2.05, 4.69) is 66.3 Å². The van der Waals surface area contributed by atoms with Crippen molar-refractivity contribution in [1.82, 2.24) is 19.9 Å². The fraction of sp³-hybridized carbons (Fsp3) is 0.167. The Labute approximate surface area is 175 Å². The highest BCUT2D eigenvalue weighted by molar-refractivity contribution is 5.96. The van der Waals surface area contributed by atoms with Crippen molar-refractivity contribution < 1.29 is 0 Å². The number of aliphatic imine (C=N–C) groups is 2. The molecule has 0 saturated carbocycles. The van der Waals surface area contributed by atoms with Gasteiger partial charge in [-0.25, -0.2) is 9.97 Å². The first kappa shape index (κ1) is 19.5. The van der Waals surface area contributed by atoms with Crippen LogP contribution < -0.4 is 0 Å². The Kier molecular flexibility index (Phi) is 6.58. The average Bonchev–Trinajstić information content (AvgIpc) is 3.49. The Morgan fingerprint density at radius 1 is 0.667 bits per heavy atom. The smallest absolute Gasteiger partial charge is 0.0921 e. The van der Waals surface area contributed by atoms with E-state index < -0.39 is 0 Å². The average molecular weight is 396 g/mol. The van der Waals surface area contributed by atoms with Gasteiger partial charge in [0.15, 0.2) is 0 Å². The second-order valence-electron chi connectivity index (χ2n) is 6.90. The zero-order valence-corrected chi connectivity index (χ0v) is 16.7. The highest BCUT2D eigenvalue weighted by Crippen LogP contribution is 2.25. The van der Waals surface area contributed by atoms with Crippen molar-refractivity contribution in [3.8, 4) is 11.1 Å². The molecule has 6 heteroatoms. The van der Waals surface area contributed by atoms with E-state index in [-0.39, 0.29) is 0 Å². The van der Waals surface area contributed by atoms with Crippen molar-refractivity contribution in [3.63, 3.8) is 0 Å². The van der Waals surface area contributed by atoms with Gasteiger partial charge in [0.2, 0.25) is 0 Å². The molecule has 4 rings (SSSR count). The number of hydrogen-bond donors (Lipinski definition) is 2. The molecule has 0 unspecified atom stereocenters. The minimum Gasteiger partial charge on any atom is -0.348 e. The lowest BCUT2D eigenvalue weighted by molar-refractivity contribution is 0.939. The molecule has 0 amide bonds. The van der Waals surface area contributed by atoms with Crippen molar-refractivity contribution in [2.75, 3.05) is 13.1 Å². The number of aromatic amines is 2. The molecule has 4 aromatic rings. The summed E-state index contributed by atoms with van der Waals surface area (Å²) in [5.74, 6) is 0. The summed E-state index contributed by atoms with van der Waals surface area (Å²) < 4.78 is 0. The molecular weight excluding hydrogens is 372 g/mol. The van der Waals surface area contributed by atoms with Gasteiger partial charge in [0.05, 0.1) is 12.7 Å². The van der Waals surface area contributed by atoms with E-state index in [1.807, 2.05) is 37.0 Å². The van der Waals surface area contributed by atoms with Crippen LogP contribution in [0, 0.1) is 0 Å². The van der Waals surface area contributed by atoms with Gasteiger partial charge in [-0.3, -0.25) is 9.98 Å². The lowest BCUT2D eigenvalue weighted by Gasteiger charge is -2.09. The van der Waals surface area contributed by atoms with Crippen LogP contribution in [-0.4, -0.2) is 45.5 Å². The first-order chi connectivity index (χ1) is 14.9. The molecule has 0 aliphatic heterocycles. The molecule has 30 heavy (non-hydrogen) atoms. The van der Waals surface area contributed by atoms with Crippen LogP contribution in [0.1, 0.15) is 22.5 Å². The fourth-order valence-corrected chi connectivity index (χ4v) is 3.25. The van der Waals surface area contributed by atoms with Gasteiger partial charge in [0.1, 0.15) is 0 Å². The third kappa shape index (κ3) is 5.17. The maximum Gasteiger partial charge on any atom is 0.0921 e. The molecule has 6 nitrogen and oxygen atoms in total. The number of hydrogen-bond acceptors (Lipinski definition) is 4. The molecule has 0 radical (unpaired) electrons. The molecule has 2 aromatic carbocycles. The Balaban J connectivity index is 1.48. The summed E-state index contributed by atoms with van der Waals surface area (Å²) in [4.78, 5) is 23.5. The maximum atomic E-state index is 4.62. The Bertz CT molecular complexity index is 1000. The monoisotopic (exact) mass is 396 g/mol. The van der Waals surface area contributed by atoms with Gasteiger partial charge >= 0.3 is 0 Å². The van der Waals surface area contributed by atoms with Crippen molar-refractivity contribution >= 4 is 12.4 Å². The molecule has 2 heterocycles. The van der Waals surface area contributed by atoms with Crippen LogP contribution >= 0.6 is 0 Å². The van der Waals surface area contributed by atoms with E-state index in [1.54, 1.807) is 12.7 Å². The van der Waals surface area contributed by atoms with Gasteiger partial charge in [-0.15, -0.1) is 0 Å². The normalized spacial score (nSPS) is 11.6. The van der Waals surface area contributed by atoms with E-state index in [0.717, 1.165) is 46.5 Å². The van der Waals surface area contributed by atoms with Crippen molar-refractivity contribution in [2.45, 2.75) is 12.8 Å². The van der Waals surface area contributed by atoms with E-state index in [1.165, 1.54) is 0 Å². The van der Waals surface area contributed by atoms with Crippen LogP contribution in [0.4, 0.5) is 0 Å². The van der Waals surface area contributed by atoms with Crippen LogP contribution in [0.5, 0.6) is 0 Å². The molecule has 0 fully saturated rings. The summed E-state index contributed by atoms with van der Waals surface area (Å²) in [6, 6.07) is 16.7. The van der Waals surface area contributed by atoms with Gasteiger partial charge in [-0.1, -0.05) is 48.5 Å². The summed E-state index contributed by atoms with van der Waals surface area (Å²) in [5, 5.41) is 0. The summed E-state index contributed by atoms with van der Waals surface area (Å²) in [6.07, 6.45) is 12.7.